The number of hydrogen-bond donors (Lipinski definition) is 2. The van der Waals surface area contributed by atoms with Crippen LogP contribution in [-0.2, 0) is 6.42 Å². The van der Waals surface area contributed by atoms with Crippen molar-refractivity contribution in [3.63, 3.8) is 0 Å². The minimum Gasteiger partial charge on any atom is -0.493 e. The lowest BCUT2D eigenvalue weighted by Crippen LogP contribution is -2.15. The smallest absolute Gasteiger partial charge is 0.333 e. The fraction of sp³-hybridized carbons (Fsp3) is 0.250. The second-order valence-electron chi connectivity index (χ2n) is 3.88. The summed E-state index contributed by atoms with van der Waals surface area (Å²) >= 11 is 13.7. The topological polar surface area (TPSA) is 58.0 Å². The third kappa shape index (κ3) is 2.78. The minimum absolute atomic E-state index is 0.144. The summed E-state index contributed by atoms with van der Waals surface area (Å²) in [6, 6.07) is 4.91. The Kier molecular flexibility index (Phi) is 4.50. The third-order valence-electron chi connectivity index (χ3n) is 2.66. The van der Waals surface area contributed by atoms with Crippen LogP contribution in [0.2, 0.25) is 10.0 Å². The molecule has 0 amide bonds. The Hall–Kier alpha value is -1.04. The second-order valence-corrected chi connectivity index (χ2v) is 5.68. The zero-order valence-electron chi connectivity index (χ0n) is 10.1. The molecule has 2 aromatic rings. The van der Waals surface area contributed by atoms with Crippen LogP contribution in [0.4, 0.5) is 0 Å². The first kappa shape index (κ1) is 14.4. The highest BCUT2D eigenvalue weighted by Crippen LogP contribution is 2.31. The minimum atomic E-state index is -0.455. The molecule has 0 fully saturated rings. The van der Waals surface area contributed by atoms with Crippen LogP contribution in [0.3, 0.4) is 0 Å². The quantitative estimate of drug-likeness (QED) is 0.910. The maximum Gasteiger partial charge on any atom is 0.333 e. The van der Waals surface area contributed by atoms with Crippen LogP contribution < -0.4 is 5.69 Å². The van der Waals surface area contributed by atoms with Crippen molar-refractivity contribution in [2.24, 2.45) is 0 Å². The summed E-state index contributed by atoms with van der Waals surface area (Å²) in [6.45, 7) is 0. The van der Waals surface area contributed by atoms with Gasteiger partial charge >= 0.3 is 5.69 Å². The van der Waals surface area contributed by atoms with Gasteiger partial charge in [0.25, 0.3) is 0 Å². The Morgan fingerprint density at radius 2 is 2.00 bits per heavy atom. The van der Waals surface area contributed by atoms with E-state index < -0.39 is 5.69 Å². The average Bonchev–Trinajstić information content (AvgIpc) is 2.63. The summed E-state index contributed by atoms with van der Waals surface area (Å²) in [5.74, 6) is 0.651. The molecule has 7 heteroatoms. The Labute approximate surface area is 124 Å². The number of aromatic nitrogens is 2. The Balaban J connectivity index is 2.57. The van der Waals surface area contributed by atoms with Gasteiger partial charge in [0.2, 0.25) is 5.88 Å². The molecule has 0 bridgehead atoms. The van der Waals surface area contributed by atoms with Gasteiger partial charge in [0.15, 0.2) is 0 Å². The van der Waals surface area contributed by atoms with E-state index in [-0.39, 0.29) is 5.88 Å². The van der Waals surface area contributed by atoms with Crippen LogP contribution in [0.15, 0.2) is 23.0 Å². The van der Waals surface area contributed by atoms with E-state index in [1.165, 1.54) is 0 Å². The van der Waals surface area contributed by atoms with Gasteiger partial charge in [-0.25, -0.2) is 9.36 Å². The van der Waals surface area contributed by atoms with Gasteiger partial charge in [-0.3, -0.25) is 0 Å². The van der Waals surface area contributed by atoms with Crippen LogP contribution in [0, 0.1) is 0 Å². The number of rotatable bonds is 4. The van der Waals surface area contributed by atoms with Crippen LogP contribution in [0.5, 0.6) is 5.88 Å². The summed E-state index contributed by atoms with van der Waals surface area (Å²) in [6.07, 6.45) is 2.52. The summed E-state index contributed by atoms with van der Waals surface area (Å²) in [5, 5.41) is 10.8. The number of aromatic amines is 1. The number of nitrogens with zero attached hydrogens (tertiary/aromatic N) is 1. The summed E-state index contributed by atoms with van der Waals surface area (Å²) in [5.41, 5.74) is 0.318. The predicted molar refractivity (Wildman–Crippen MR) is 80.2 cm³/mol. The highest BCUT2D eigenvalue weighted by Gasteiger charge is 2.18. The molecule has 0 saturated heterocycles. The van der Waals surface area contributed by atoms with E-state index in [1.54, 1.807) is 30.0 Å². The number of hydrogen-bond acceptors (Lipinski definition) is 3. The van der Waals surface area contributed by atoms with Crippen molar-refractivity contribution in [1.82, 2.24) is 9.55 Å². The molecular weight excluding hydrogens is 307 g/mol. The van der Waals surface area contributed by atoms with Crippen LogP contribution in [0.25, 0.3) is 5.69 Å². The summed E-state index contributed by atoms with van der Waals surface area (Å²) < 4.78 is 1.10. The highest BCUT2D eigenvalue weighted by molar-refractivity contribution is 7.98. The molecule has 1 heterocycles. The molecule has 0 aliphatic carbocycles. The molecule has 0 aliphatic rings. The number of nitrogens with one attached hydrogen (secondary N) is 1. The zero-order valence-corrected chi connectivity index (χ0v) is 12.4. The van der Waals surface area contributed by atoms with Gasteiger partial charge in [0, 0.05) is 6.42 Å². The van der Waals surface area contributed by atoms with Crippen LogP contribution in [-0.4, -0.2) is 26.7 Å². The average molecular weight is 319 g/mol. The Bertz CT molecular complexity index is 631. The first-order valence-electron chi connectivity index (χ1n) is 5.52. The maximum atomic E-state index is 12.0. The number of thioether (sulfide) groups is 1. The standard InChI is InChI=1S/C12H12Cl2N2O2S/c1-19-6-5-9-11(17)16(12(18)15-9)10-7(13)3-2-4-8(10)14/h2-4,17H,5-6H2,1H3,(H,15,18). The number of imidazole rings is 1. The van der Waals surface area contributed by atoms with Crippen molar-refractivity contribution >= 4 is 35.0 Å². The Morgan fingerprint density at radius 3 is 2.58 bits per heavy atom. The molecule has 1 aromatic carbocycles. The van der Waals surface area contributed by atoms with Gasteiger partial charge in [0.05, 0.1) is 21.4 Å². The molecule has 4 nitrogen and oxygen atoms in total. The SMILES string of the molecule is CSCCc1[nH]c(=O)n(-c2c(Cl)cccc2Cl)c1O. The lowest BCUT2D eigenvalue weighted by atomic mass is 10.3. The number of benzene rings is 1. The summed E-state index contributed by atoms with van der Waals surface area (Å²) in [7, 11) is 0. The van der Waals surface area contributed by atoms with E-state index in [9.17, 15) is 9.90 Å². The molecule has 2 N–H and O–H groups in total. The van der Waals surface area contributed by atoms with Gasteiger partial charge in [-0.15, -0.1) is 0 Å². The van der Waals surface area contributed by atoms with E-state index in [1.807, 2.05) is 6.26 Å². The van der Waals surface area contributed by atoms with Crippen molar-refractivity contribution in [2.75, 3.05) is 12.0 Å². The molecular formula is C12H12Cl2N2O2S. The first-order valence-corrected chi connectivity index (χ1v) is 7.67. The summed E-state index contributed by atoms with van der Waals surface area (Å²) in [4.78, 5) is 14.6. The third-order valence-corrected chi connectivity index (χ3v) is 3.88. The molecule has 0 aliphatic heterocycles. The zero-order chi connectivity index (χ0) is 14.0. The van der Waals surface area contributed by atoms with Crippen molar-refractivity contribution in [2.45, 2.75) is 6.42 Å². The van der Waals surface area contributed by atoms with E-state index in [0.29, 0.717) is 27.8 Å². The van der Waals surface area contributed by atoms with E-state index >= 15 is 0 Å². The molecule has 0 radical (unpaired) electrons. The van der Waals surface area contributed by atoms with Crippen molar-refractivity contribution < 1.29 is 5.11 Å². The molecule has 19 heavy (non-hydrogen) atoms. The largest absolute Gasteiger partial charge is 0.493 e. The number of H-pyrrole nitrogens is 1. The first-order chi connectivity index (χ1) is 9.06. The van der Waals surface area contributed by atoms with Gasteiger partial charge in [0.1, 0.15) is 0 Å². The molecule has 0 saturated carbocycles. The predicted octanol–water partition coefficient (Wildman–Crippen LogP) is 3.08. The molecule has 0 unspecified atom stereocenters. The molecule has 2 rings (SSSR count). The van der Waals surface area contributed by atoms with E-state index in [4.69, 9.17) is 23.2 Å². The molecule has 0 spiro atoms. The number of para-hydroxylation sites is 1. The number of aromatic hydroxyl groups is 1. The number of aryl methyl sites for hydroxylation is 1. The lowest BCUT2D eigenvalue weighted by Gasteiger charge is -2.08. The van der Waals surface area contributed by atoms with Gasteiger partial charge in [-0.1, -0.05) is 29.3 Å². The van der Waals surface area contributed by atoms with E-state index in [2.05, 4.69) is 4.98 Å². The molecule has 1 aromatic heterocycles. The van der Waals surface area contributed by atoms with Gasteiger partial charge in [-0.05, 0) is 24.1 Å². The maximum absolute atomic E-state index is 12.0. The normalized spacial score (nSPS) is 10.9. The van der Waals surface area contributed by atoms with Gasteiger partial charge in [-0.2, -0.15) is 11.8 Å². The monoisotopic (exact) mass is 318 g/mol. The van der Waals surface area contributed by atoms with E-state index in [0.717, 1.165) is 10.3 Å². The highest BCUT2D eigenvalue weighted by atomic mass is 35.5. The van der Waals surface area contributed by atoms with Crippen LogP contribution >= 0.6 is 35.0 Å². The van der Waals surface area contributed by atoms with Crippen molar-refractivity contribution in [1.29, 1.82) is 0 Å². The Morgan fingerprint density at radius 1 is 1.37 bits per heavy atom. The fourth-order valence-corrected chi connectivity index (χ4v) is 2.74. The number of halogens is 2. The van der Waals surface area contributed by atoms with Crippen molar-refractivity contribution in [3.8, 4) is 11.6 Å². The molecule has 0 atom stereocenters. The van der Waals surface area contributed by atoms with Crippen molar-refractivity contribution in [3.05, 3.63) is 44.4 Å². The fourth-order valence-electron chi connectivity index (χ4n) is 1.76. The molecule has 102 valence electrons. The van der Waals surface area contributed by atoms with Crippen LogP contribution in [0.1, 0.15) is 5.69 Å². The second kappa shape index (κ2) is 5.94. The van der Waals surface area contributed by atoms with Gasteiger partial charge < -0.3 is 10.1 Å². The lowest BCUT2D eigenvalue weighted by molar-refractivity contribution is 0.435.